The minimum absolute atomic E-state index is 0.00108. The lowest BCUT2D eigenvalue weighted by Crippen LogP contribution is -2.36. The maximum atomic E-state index is 10.0. The number of ether oxygens (including phenoxy) is 1. The molecule has 0 aromatic heterocycles. The van der Waals surface area contributed by atoms with Crippen molar-refractivity contribution in [1.29, 1.82) is 0 Å². The molecule has 1 fully saturated rings. The molecule has 2 nitrogen and oxygen atoms in total. The van der Waals surface area contributed by atoms with Crippen molar-refractivity contribution in [2.45, 2.75) is 57.2 Å². The predicted molar refractivity (Wildman–Crippen MR) is 67.5 cm³/mol. The number of rotatable bonds is 1. The zero-order valence-electron chi connectivity index (χ0n) is 10.5. The van der Waals surface area contributed by atoms with Crippen molar-refractivity contribution in [3.8, 4) is 5.75 Å². The minimum atomic E-state index is -0.288. The Bertz CT molecular complexity index is 425. The lowest BCUT2D eigenvalue weighted by atomic mass is 9.81. The molecular weight excluding hydrogens is 212 g/mol. The number of benzene rings is 1. The third kappa shape index (κ3) is 1.75. The number of hydrogen-bond donors (Lipinski definition) is 1. The van der Waals surface area contributed by atoms with Crippen LogP contribution in [0.25, 0.3) is 0 Å². The van der Waals surface area contributed by atoms with Crippen LogP contribution in [-0.4, -0.2) is 17.3 Å². The van der Waals surface area contributed by atoms with Crippen molar-refractivity contribution in [3.63, 3.8) is 0 Å². The van der Waals surface area contributed by atoms with Crippen molar-refractivity contribution in [3.05, 3.63) is 29.3 Å². The van der Waals surface area contributed by atoms with Gasteiger partial charge in [-0.05, 0) is 36.8 Å². The molecule has 2 heteroatoms. The van der Waals surface area contributed by atoms with E-state index in [1.54, 1.807) is 0 Å². The summed E-state index contributed by atoms with van der Waals surface area (Å²) >= 11 is 0. The Kier molecular flexibility index (Phi) is 2.62. The summed E-state index contributed by atoms with van der Waals surface area (Å²) in [6, 6.07) is 6.51. The molecule has 1 aliphatic carbocycles. The number of fused-ring (bicyclic) bond motifs is 3. The van der Waals surface area contributed by atoms with Gasteiger partial charge in [0.1, 0.15) is 11.9 Å². The summed E-state index contributed by atoms with van der Waals surface area (Å²) in [7, 11) is 0. The number of aliphatic hydroxyl groups is 1. The van der Waals surface area contributed by atoms with Crippen LogP contribution in [0.2, 0.25) is 0 Å². The highest BCUT2D eigenvalue weighted by atomic mass is 16.5. The molecule has 2 aliphatic rings. The molecule has 3 rings (SSSR count). The Labute approximate surface area is 103 Å². The van der Waals surface area contributed by atoms with E-state index in [0.717, 1.165) is 25.0 Å². The Morgan fingerprint density at radius 1 is 1.29 bits per heavy atom. The van der Waals surface area contributed by atoms with Gasteiger partial charge >= 0.3 is 0 Å². The Morgan fingerprint density at radius 3 is 2.88 bits per heavy atom. The fourth-order valence-corrected chi connectivity index (χ4v) is 3.11. The van der Waals surface area contributed by atoms with Crippen LogP contribution in [0.1, 0.15) is 56.1 Å². The highest BCUT2D eigenvalue weighted by Gasteiger charge is 2.41. The van der Waals surface area contributed by atoms with Gasteiger partial charge in [-0.3, -0.25) is 0 Å². The highest BCUT2D eigenvalue weighted by molar-refractivity contribution is 5.45. The number of hydrogen-bond acceptors (Lipinski definition) is 2. The second kappa shape index (κ2) is 4.02. The van der Waals surface area contributed by atoms with E-state index < -0.39 is 0 Å². The predicted octanol–water partition coefficient (Wildman–Crippen LogP) is 3.20. The van der Waals surface area contributed by atoms with Gasteiger partial charge in [0.25, 0.3) is 0 Å². The summed E-state index contributed by atoms with van der Waals surface area (Å²) in [6.45, 7) is 4.43. The molecule has 1 saturated carbocycles. The monoisotopic (exact) mass is 232 g/mol. The van der Waals surface area contributed by atoms with E-state index in [0.29, 0.717) is 11.8 Å². The SMILES string of the molecule is CC(C)c1ccc2c(c1)C1CCCC(O)C1O2. The average molecular weight is 232 g/mol. The maximum Gasteiger partial charge on any atom is 0.131 e. The van der Waals surface area contributed by atoms with E-state index >= 15 is 0 Å². The molecule has 1 aromatic rings. The summed E-state index contributed by atoms with van der Waals surface area (Å²) in [6.07, 6.45) is 2.85. The van der Waals surface area contributed by atoms with E-state index in [4.69, 9.17) is 4.74 Å². The van der Waals surface area contributed by atoms with Gasteiger partial charge in [-0.25, -0.2) is 0 Å². The van der Waals surface area contributed by atoms with Crippen LogP contribution in [0.15, 0.2) is 18.2 Å². The van der Waals surface area contributed by atoms with E-state index in [9.17, 15) is 5.11 Å². The number of aliphatic hydroxyl groups excluding tert-OH is 1. The van der Waals surface area contributed by atoms with Crippen molar-refractivity contribution >= 4 is 0 Å². The van der Waals surface area contributed by atoms with E-state index in [-0.39, 0.29) is 12.2 Å². The summed E-state index contributed by atoms with van der Waals surface area (Å²) in [4.78, 5) is 0. The molecule has 0 spiro atoms. The zero-order chi connectivity index (χ0) is 12.0. The lowest BCUT2D eigenvalue weighted by Gasteiger charge is -2.29. The Hall–Kier alpha value is -1.02. The standard InChI is InChI=1S/C15H20O2/c1-9(2)10-6-7-14-12(8-10)11-4-3-5-13(16)15(11)17-14/h6-9,11,13,15-16H,3-5H2,1-2H3. The fourth-order valence-electron chi connectivity index (χ4n) is 3.11. The molecule has 92 valence electrons. The molecule has 1 aliphatic heterocycles. The van der Waals surface area contributed by atoms with Gasteiger partial charge in [0.05, 0.1) is 6.10 Å². The summed E-state index contributed by atoms with van der Waals surface area (Å²) in [5.74, 6) is 1.95. The molecule has 0 saturated heterocycles. The van der Waals surface area contributed by atoms with Gasteiger partial charge in [-0.15, -0.1) is 0 Å². The molecule has 0 amide bonds. The summed E-state index contributed by atoms with van der Waals surface area (Å²) in [5, 5.41) is 10.0. The van der Waals surface area contributed by atoms with Gasteiger partial charge in [0.2, 0.25) is 0 Å². The minimum Gasteiger partial charge on any atom is -0.487 e. The molecular formula is C15H20O2. The zero-order valence-corrected chi connectivity index (χ0v) is 10.5. The highest BCUT2D eigenvalue weighted by Crippen LogP contribution is 2.46. The van der Waals surface area contributed by atoms with Gasteiger partial charge < -0.3 is 9.84 Å². The first-order valence-corrected chi connectivity index (χ1v) is 6.65. The fraction of sp³-hybridized carbons (Fsp3) is 0.600. The molecule has 1 aromatic carbocycles. The van der Waals surface area contributed by atoms with Gasteiger partial charge in [0, 0.05) is 11.5 Å². The molecule has 3 atom stereocenters. The van der Waals surface area contributed by atoms with Crippen molar-refractivity contribution in [2.24, 2.45) is 0 Å². The third-order valence-electron chi connectivity index (χ3n) is 4.15. The van der Waals surface area contributed by atoms with Gasteiger partial charge in [-0.1, -0.05) is 26.0 Å². The van der Waals surface area contributed by atoms with Crippen LogP contribution >= 0.6 is 0 Å². The van der Waals surface area contributed by atoms with Crippen LogP contribution in [-0.2, 0) is 0 Å². The molecule has 0 bridgehead atoms. The van der Waals surface area contributed by atoms with E-state index in [1.165, 1.54) is 11.1 Å². The average Bonchev–Trinajstić information content (AvgIpc) is 2.68. The Balaban J connectivity index is 1.97. The molecule has 17 heavy (non-hydrogen) atoms. The molecule has 0 radical (unpaired) electrons. The van der Waals surface area contributed by atoms with Crippen molar-refractivity contribution in [1.82, 2.24) is 0 Å². The first kappa shape index (κ1) is 11.1. The van der Waals surface area contributed by atoms with Crippen LogP contribution in [0.4, 0.5) is 0 Å². The van der Waals surface area contributed by atoms with Crippen LogP contribution in [0, 0.1) is 0 Å². The third-order valence-corrected chi connectivity index (χ3v) is 4.15. The van der Waals surface area contributed by atoms with E-state index in [1.807, 2.05) is 0 Å². The topological polar surface area (TPSA) is 29.5 Å². The molecule has 1 heterocycles. The van der Waals surface area contributed by atoms with E-state index in [2.05, 4.69) is 32.0 Å². The van der Waals surface area contributed by atoms with Gasteiger partial charge in [0.15, 0.2) is 0 Å². The first-order valence-electron chi connectivity index (χ1n) is 6.65. The largest absolute Gasteiger partial charge is 0.487 e. The second-order valence-corrected chi connectivity index (χ2v) is 5.64. The van der Waals surface area contributed by atoms with Crippen LogP contribution < -0.4 is 4.74 Å². The Morgan fingerprint density at radius 2 is 2.12 bits per heavy atom. The summed E-state index contributed by atoms with van der Waals surface area (Å²) in [5.41, 5.74) is 2.69. The van der Waals surface area contributed by atoms with Crippen molar-refractivity contribution < 1.29 is 9.84 Å². The normalized spacial score (nSPS) is 30.9. The molecule has 1 N–H and O–H groups in total. The lowest BCUT2D eigenvalue weighted by molar-refractivity contribution is 0.00933. The van der Waals surface area contributed by atoms with Crippen molar-refractivity contribution in [2.75, 3.05) is 0 Å². The van der Waals surface area contributed by atoms with Gasteiger partial charge in [-0.2, -0.15) is 0 Å². The summed E-state index contributed by atoms with van der Waals surface area (Å²) < 4.78 is 5.91. The molecule has 3 unspecified atom stereocenters. The smallest absolute Gasteiger partial charge is 0.131 e. The second-order valence-electron chi connectivity index (χ2n) is 5.64. The quantitative estimate of drug-likeness (QED) is 0.805. The first-order chi connectivity index (χ1) is 8.16. The van der Waals surface area contributed by atoms with Crippen LogP contribution in [0.3, 0.4) is 0 Å². The maximum absolute atomic E-state index is 10.0. The van der Waals surface area contributed by atoms with Crippen LogP contribution in [0.5, 0.6) is 5.75 Å².